The molecule has 0 aliphatic heterocycles. The third-order valence-electron chi connectivity index (χ3n) is 2.69. The number of para-hydroxylation sites is 2. The molecule has 1 heterocycles. The van der Waals surface area contributed by atoms with E-state index in [1.807, 2.05) is 24.3 Å². The zero-order valence-electron chi connectivity index (χ0n) is 8.29. The second kappa shape index (κ2) is 2.86. The molecule has 2 radical (unpaired) electrons. The second-order valence-electron chi connectivity index (χ2n) is 3.69. The van der Waals surface area contributed by atoms with Crippen molar-refractivity contribution in [3.05, 3.63) is 61.4 Å². The van der Waals surface area contributed by atoms with Crippen LogP contribution in [-0.4, -0.2) is 0 Å². The van der Waals surface area contributed by atoms with Gasteiger partial charge in [-0.3, -0.25) is 0 Å². The van der Waals surface area contributed by atoms with E-state index in [1.165, 1.54) is 0 Å². The second-order valence-corrected chi connectivity index (χ2v) is 3.69. The maximum Gasteiger partial charge on any atom is 0.138 e. The lowest BCUT2D eigenvalue weighted by Crippen LogP contribution is -1.71. The Hall–Kier alpha value is -1.76. The van der Waals surface area contributed by atoms with Gasteiger partial charge in [0.15, 0.2) is 0 Å². The number of benzene rings is 2. The lowest BCUT2D eigenvalue weighted by atomic mass is 10.1. The van der Waals surface area contributed by atoms with Crippen molar-refractivity contribution < 1.29 is 4.42 Å². The van der Waals surface area contributed by atoms with Gasteiger partial charge in [0.2, 0.25) is 0 Å². The molecule has 0 unspecified atom stereocenters. The van der Waals surface area contributed by atoms with Crippen LogP contribution in [0.4, 0.5) is 0 Å². The van der Waals surface area contributed by atoms with Gasteiger partial charge in [0.1, 0.15) is 11.2 Å². The molecule has 0 spiro atoms. The van der Waals surface area contributed by atoms with Crippen LogP contribution in [0.3, 0.4) is 0 Å². The Bertz CT molecular complexity index is 591. The van der Waals surface area contributed by atoms with Crippen molar-refractivity contribution in [2.45, 2.75) is 0 Å². The molecule has 3 rings (SSSR count). The summed E-state index contributed by atoms with van der Waals surface area (Å²) in [5.41, 5.74) is 3.57. The van der Waals surface area contributed by atoms with Crippen molar-refractivity contribution in [1.82, 2.24) is 0 Å². The van der Waals surface area contributed by atoms with E-state index in [-0.39, 0.29) is 0 Å². The molecule has 15 heavy (non-hydrogen) atoms. The minimum atomic E-state index is 0.864. The van der Waals surface area contributed by atoms with E-state index in [4.69, 9.17) is 4.42 Å². The highest BCUT2D eigenvalue weighted by atomic mass is 16.3. The Labute approximate surface area is 88.3 Å². The fourth-order valence-electron chi connectivity index (χ4n) is 1.94. The summed E-state index contributed by atoms with van der Waals surface area (Å²) in [6.45, 7) is 7.92. The summed E-state index contributed by atoms with van der Waals surface area (Å²) in [4.78, 5) is 0. The molecular formula is C14H10O. The van der Waals surface area contributed by atoms with E-state index < -0.39 is 0 Å². The molecule has 1 heteroatoms. The van der Waals surface area contributed by atoms with E-state index in [0.29, 0.717) is 0 Å². The van der Waals surface area contributed by atoms with Crippen LogP contribution in [0.5, 0.6) is 0 Å². The molecule has 0 N–H and O–H groups in total. The third kappa shape index (κ3) is 1.09. The van der Waals surface area contributed by atoms with Crippen LogP contribution in [0.15, 0.2) is 40.8 Å². The molecule has 2 aromatic carbocycles. The summed E-state index contributed by atoms with van der Waals surface area (Å²) in [5, 5.41) is 2.23. The summed E-state index contributed by atoms with van der Waals surface area (Å²) in [5.74, 6) is 0. The van der Waals surface area contributed by atoms with Crippen LogP contribution < -0.4 is 0 Å². The van der Waals surface area contributed by atoms with Crippen molar-refractivity contribution in [3.63, 3.8) is 0 Å². The smallest absolute Gasteiger partial charge is 0.138 e. The van der Waals surface area contributed by atoms with E-state index in [1.54, 1.807) is 0 Å². The molecule has 0 bridgehead atoms. The van der Waals surface area contributed by atoms with Crippen LogP contribution in [0.1, 0.15) is 11.1 Å². The highest BCUT2D eigenvalue weighted by Gasteiger charge is 2.09. The topological polar surface area (TPSA) is 13.1 Å². The molecule has 1 aromatic heterocycles. The number of fused-ring (bicyclic) bond motifs is 3. The maximum atomic E-state index is 5.79. The average Bonchev–Trinajstić information content (AvgIpc) is 2.60. The molecular weight excluding hydrogens is 184 g/mol. The zero-order valence-corrected chi connectivity index (χ0v) is 8.29. The largest absolute Gasteiger partial charge is 0.455 e. The van der Waals surface area contributed by atoms with Gasteiger partial charge in [-0.15, -0.1) is 0 Å². The predicted octanol–water partition coefficient (Wildman–Crippen LogP) is 3.95. The minimum Gasteiger partial charge on any atom is -0.455 e. The van der Waals surface area contributed by atoms with Gasteiger partial charge in [-0.05, 0) is 25.0 Å². The van der Waals surface area contributed by atoms with Gasteiger partial charge in [0.05, 0.1) is 0 Å². The molecule has 0 aliphatic rings. The molecule has 72 valence electrons. The van der Waals surface area contributed by atoms with Crippen molar-refractivity contribution in [1.29, 1.82) is 0 Å². The first-order valence-electron chi connectivity index (χ1n) is 4.85. The number of furan rings is 1. The summed E-state index contributed by atoms with van der Waals surface area (Å²) in [6, 6.07) is 12.0. The minimum absolute atomic E-state index is 0.864. The summed E-state index contributed by atoms with van der Waals surface area (Å²) in [7, 11) is 0. The van der Waals surface area contributed by atoms with Gasteiger partial charge < -0.3 is 4.42 Å². The normalized spacial score (nSPS) is 11.3. The van der Waals surface area contributed by atoms with E-state index in [0.717, 1.165) is 33.1 Å². The quantitative estimate of drug-likeness (QED) is 0.528. The van der Waals surface area contributed by atoms with Crippen molar-refractivity contribution in [3.8, 4) is 0 Å². The first-order valence-corrected chi connectivity index (χ1v) is 4.85. The number of hydrogen-bond donors (Lipinski definition) is 0. The van der Waals surface area contributed by atoms with Gasteiger partial charge in [-0.2, -0.15) is 0 Å². The summed E-state index contributed by atoms with van der Waals surface area (Å²) >= 11 is 0. The summed E-state index contributed by atoms with van der Waals surface area (Å²) in [6.07, 6.45) is 0. The Morgan fingerprint density at radius 3 is 1.67 bits per heavy atom. The molecule has 1 nitrogen and oxygen atoms in total. The fourth-order valence-corrected chi connectivity index (χ4v) is 1.94. The first kappa shape index (κ1) is 8.54. The van der Waals surface area contributed by atoms with Gasteiger partial charge in [0, 0.05) is 10.8 Å². The first-order chi connectivity index (χ1) is 7.27. The average molecular weight is 194 g/mol. The van der Waals surface area contributed by atoms with Crippen molar-refractivity contribution in [2.24, 2.45) is 0 Å². The molecule has 0 amide bonds. The molecule has 0 atom stereocenters. The Morgan fingerprint density at radius 2 is 1.20 bits per heavy atom. The summed E-state index contributed by atoms with van der Waals surface area (Å²) < 4.78 is 5.79. The van der Waals surface area contributed by atoms with Gasteiger partial charge in [-0.25, -0.2) is 0 Å². The molecule has 0 saturated heterocycles. The Kier molecular flexibility index (Phi) is 1.63. The molecule has 3 aromatic rings. The Morgan fingerprint density at radius 1 is 0.733 bits per heavy atom. The zero-order chi connectivity index (χ0) is 10.4. The number of rotatable bonds is 0. The molecule has 0 saturated carbocycles. The van der Waals surface area contributed by atoms with Crippen molar-refractivity contribution in [2.75, 3.05) is 0 Å². The van der Waals surface area contributed by atoms with Gasteiger partial charge in [-0.1, -0.05) is 36.4 Å². The van der Waals surface area contributed by atoms with Crippen LogP contribution >= 0.6 is 0 Å². The Balaban J connectivity index is 2.63. The maximum absolute atomic E-state index is 5.79. The SMILES string of the molecule is [CH2]c1cccc2c1oc1c([CH2])cccc12. The molecule has 0 aliphatic carbocycles. The highest BCUT2D eigenvalue weighted by molar-refractivity contribution is 6.07. The van der Waals surface area contributed by atoms with Crippen LogP contribution in [0, 0.1) is 13.8 Å². The van der Waals surface area contributed by atoms with Gasteiger partial charge in [0.25, 0.3) is 0 Å². The lowest BCUT2D eigenvalue weighted by Gasteiger charge is -1.91. The third-order valence-corrected chi connectivity index (χ3v) is 2.69. The highest BCUT2D eigenvalue weighted by Crippen LogP contribution is 2.31. The van der Waals surface area contributed by atoms with Crippen LogP contribution in [-0.2, 0) is 0 Å². The monoisotopic (exact) mass is 194 g/mol. The van der Waals surface area contributed by atoms with Crippen molar-refractivity contribution >= 4 is 21.9 Å². The fraction of sp³-hybridized carbons (Fsp3) is 0. The van der Waals surface area contributed by atoms with Gasteiger partial charge >= 0.3 is 0 Å². The van der Waals surface area contributed by atoms with E-state index in [9.17, 15) is 0 Å². The predicted molar refractivity (Wildman–Crippen MR) is 62.6 cm³/mol. The lowest BCUT2D eigenvalue weighted by molar-refractivity contribution is 0.665. The standard InChI is InChI=1S/C14H10O/c1-9-5-3-7-11-12-8-4-6-10(2)14(12)15-13(9)11/h3-8H,1-2H2. The number of hydrogen-bond acceptors (Lipinski definition) is 1. The van der Waals surface area contributed by atoms with Crippen LogP contribution in [0.25, 0.3) is 21.9 Å². The van der Waals surface area contributed by atoms with Crippen LogP contribution in [0.2, 0.25) is 0 Å². The molecule has 0 fully saturated rings. The van der Waals surface area contributed by atoms with E-state index >= 15 is 0 Å². The van der Waals surface area contributed by atoms with E-state index in [2.05, 4.69) is 26.0 Å².